The molecule has 0 amide bonds. The summed E-state index contributed by atoms with van der Waals surface area (Å²) >= 11 is 0. The lowest BCUT2D eigenvalue weighted by atomic mass is 10.1. The molecule has 0 bridgehead atoms. The normalized spacial score (nSPS) is 13.0. The molecule has 1 aromatic carbocycles. The lowest BCUT2D eigenvalue weighted by Gasteiger charge is -2.16. The molecule has 0 fully saturated rings. The van der Waals surface area contributed by atoms with Gasteiger partial charge in [-0.15, -0.1) is 4.89 Å². The average Bonchev–Trinajstić information content (AvgIpc) is 2.38. The second-order valence-electron chi connectivity index (χ2n) is 4.12. The molecule has 108 valence electrons. The second-order valence-corrected chi connectivity index (χ2v) is 5.14. The minimum Gasteiger partial charge on any atom is -0.481 e. The van der Waals surface area contributed by atoms with Crippen molar-refractivity contribution in [3.63, 3.8) is 0 Å². The summed E-state index contributed by atoms with van der Waals surface area (Å²) in [6.45, 7) is -0.0386. The zero-order chi connectivity index (χ0) is 15.1. The Morgan fingerprint density at radius 3 is 2.25 bits per heavy atom. The number of benzene rings is 1. The summed E-state index contributed by atoms with van der Waals surface area (Å²) in [4.78, 5) is 31.0. The fraction of sp³-hybridized carbons (Fsp3) is 0.333. The van der Waals surface area contributed by atoms with E-state index in [-0.39, 0.29) is 19.4 Å². The second kappa shape index (κ2) is 7.69. The van der Waals surface area contributed by atoms with Crippen LogP contribution in [0.4, 0.5) is 0 Å². The van der Waals surface area contributed by atoms with Crippen LogP contribution in [-0.4, -0.2) is 37.8 Å². The van der Waals surface area contributed by atoms with Crippen molar-refractivity contribution in [1.82, 2.24) is 4.67 Å². The number of carbonyl (C=O) groups is 2. The third kappa shape index (κ3) is 5.05. The van der Waals surface area contributed by atoms with E-state index in [0.29, 0.717) is 5.56 Å². The van der Waals surface area contributed by atoms with Gasteiger partial charge in [0.15, 0.2) is 6.04 Å². The van der Waals surface area contributed by atoms with E-state index in [2.05, 4.69) is 0 Å². The smallest absolute Gasteiger partial charge is 0.481 e. The molecule has 1 unspecified atom stereocenters. The third-order valence-corrected chi connectivity index (χ3v) is 3.54. The van der Waals surface area contributed by atoms with Gasteiger partial charge in [-0.1, -0.05) is 30.3 Å². The first-order chi connectivity index (χ1) is 9.41. The van der Waals surface area contributed by atoms with Crippen LogP contribution in [0.2, 0.25) is 0 Å². The fourth-order valence-electron chi connectivity index (χ4n) is 1.72. The van der Waals surface area contributed by atoms with Crippen molar-refractivity contribution in [3.8, 4) is 0 Å². The van der Waals surface area contributed by atoms with Crippen LogP contribution in [0.25, 0.3) is 0 Å². The molecular weight excluding hydrogens is 285 g/mol. The average molecular weight is 300 g/mol. The van der Waals surface area contributed by atoms with Gasteiger partial charge in [0, 0.05) is 6.42 Å². The number of rotatable bonds is 8. The van der Waals surface area contributed by atoms with E-state index in [1.54, 1.807) is 30.3 Å². The van der Waals surface area contributed by atoms with Crippen molar-refractivity contribution >= 4 is 20.1 Å². The molecule has 0 aromatic heterocycles. The largest absolute Gasteiger partial charge is 0.614 e. The minimum atomic E-state index is -2.88. The Morgan fingerprint density at radius 1 is 1.20 bits per heavy atom. The summed E-state index contributed by atoms with van der Waals surface area (Å²) in [5.41, 5.74) is 0.673. The Bertz CT molecular complexity index is 492. The van der Waals surface area contributed by atoms with Crippen LogP contribution >= 0.6 is 8.18 Å². The van der Waals surface area contributed by atoms with Gasteiger partial charge in [-0.05, 0) is 21.2 Å². The Kier molecular flexibility index (Phi) is 6.24. The maximum atomic E-state index is 11.4. The molecule has 1 rings (SSSR count). The molecule has 0 aliphatic rings. The Morgan fingerprint density at radius 2 is 1.80 bits per heavy atom. The summed E-state index contributed by atoms with van der Waals surface area (Å²) in [6, 6.07) is 7.30. The van der Waals surface area contributed by atoms with Gasteiger partial charge in [-0.3, -0.25) is 9.59 Å². The maximum absolute atomic E-state index is 11.4. The highest BCUT2D eigenvalue weighted by Crippen LogP contribution is 2.29. The number of carboxylic acid groups (broad SMARTS) is 2. The van der Waals surface area contributed by atoms with E-state index in [1.807, 2.05) is 0 Å². The Balaban J connectivity index is 2.88. The molecule has 0 spiro atoms. The highest BCUT2D eigenvalue weighted by Gasteiger charge is 2.39. The van der Waals surface area contributed by atoms with E-state index >= 15 is 0 Å². The molecule has 0 radical (unpaired) electrons. The fourth-order valence-corrected chi connectivity index (χ4v) is 2.46. The van der Waals surface area contributed by atoms with E-state index in [4.69, 9.17) is 10.2 Å². The van der Waals surface area contributed by atoms with Gasteiger partial charge in [-0.25, -0.2) is 0 Å². The van der Waals surface area contributed by atoms with Crippen LogP contribution < -0.4 is 0 Å². The van der Waals surface area contributed by atoms with Gasteiger partial charge in [0.25, 0.3) is 0 Å². The quantitative estimate of drug-likeness (QED) is 0.622. The monoisotopic (exact) mass is 300 g/mol. The molecule has 2 atom stereocenters. The number of nitrogens with zero attached hydrogens (tertiary/aromatic N) is 1. The van der Waals surface area contributed by atoms with Crippen LogP contribution in [-0.2, 0) is 20.7 Å². The Labute approximate surface area is 116 Å². The topological polar surface area (TPSA) is 115 Å². The molecule has 0 aliphatic heterocycles. The molecule has 20 heavy (non-hydrogen) atoms. The molecule has 7 nitrogen and oxygen atoms in total. The number of hydrogen-bond donors (Lipinski definition) is 3. The molecule has 0 heterocycles. The van der Waals surface area contributed by atoms with Crippen molar-refractivity contribution in [1.29, 1.82) is 0 Å². The van der Waals surface area contributed by atoms with E-state index in [0.717, 1.165) is 4.67 Å². The molecule has 3 N–H and O–H groups in total. The van der Waals surface area contributed by atoms with E-state index < -0.39 is 26.2 Å². The van der Waals surface area contributed by atoms with Crippen LogP contribution in [0.3, 0.4) is 0 Å². The first-order valence-electron chi connectivity index (χ1n) is 5.83. The summed E-state index contributed by atoms with van der Waals surface area (Å²) in [6.07, 6.45) is -0.620. The number of carboxylic acids is 2. The van der Waals surface area contributed by atoms with Crippen LogP contribution in [0.1, 0.15) is 18.4 Å². The minimum absolute atomic E-state index is 0.0386. The van der Waals surface area contributed by atoms with Crippen molar-refractivity contribution in [2.75, 3.05) is 0 Å². The third-order valence-electron chi connectivity index (χ3n) is 2.68. The molecule has 0 saturated carbocycles. The first-order valence-corrected chi connectivity index (χ1v) is 6.99. The molecule has 0 aliphatic carbocycles. The maximum Gasteiger partial charge on any atom is 0.614 e. The molecular formula is C12H15NO6P+. The van der Waals surface area contributed by atoms with Gasteiger partial charge in [0.2, 0.25) is 0 Å². The number of hydrogen-bond acceptors (Lipinski definition) is 3. The predicted octanol–water partition coefficient (Wildman–Crippen LogP) is 1.46. The van der Waals surface area contributed by atoms with Gasteiger partial charge >= 0.3 is 20.1 Å². The zero-order valence-corrected chi connectivity index (χ0v) is 11.4. The highest BCUT2D eigenvalue weighted by atomic mass is 31.1. The molecule has 1 aromatic rings. The summed E-state index contributed by atoms with van der Waals surface area (Å²) < 4.78 is 12.2. The van der Waals surface area contributed by atoms with E-state index in [9.17, 15) is 19.0 Å². The van der Waals surface area contributed by atoms with Gasteiger partial charge in [0.1, 0.15) is 0 Å². The lowest BCUT2D eigenvalue weighted by Crippen LogP contribution is -2.36. The van der Waals surface area contributed by atoms with E-state index in [1.165, 1.54) is 0 Å². The first kappa shape index (κ1) is 16.2. The summed E-state index contributed by atoms with van der Waals surface area (Å²) in [7, 11) is -2.88. The van der Waals surface area contributed by atoms with Gasteiger partial charge < -0.3 is 10.2 Å². The SMILES string of the molecule is O=C(O)CC[C@@H](C(=O)O)N(Cc1ccccc1)[P+](=O)O. The van der Waals surface area contributed by atoms with Crippen molar-refractivity contribution in [2.24, 2.45) is 0 Å². The van der Waals surface area contributed by atoms with Gasteiger partial charge in [-0.2, -0.15) is 0 Å². The van der Waals surface area contributed by atoms with Crippen LogP contribution in [0.15, 0.2) is 30.3 Å². The van der Waals surface area contributed by atoms with Crippen molar-refractivity contribution in [3.05, 3.63) is 35.9 Å². The lowest BCUT2D eigenvalue weighted by molar-refractivity contribution is -0.143. The number of aliphatic carboxylic acids is 2. The predicted molar refractivity (Wildman–Crippen MR) is 70.1 cm³/mol. The van der Waals surface area contributed by atoms with Crippen LogP contribution in [0, 0.1) is 0 Å². The van der Waals surface area contributed by atoms with Crippen molar-refractivity contribution in [2.45, 2.75) is 25.4 Å². The zero-order valence-electron chi connectivity index (χ0n) is 10.5. The molecule has 0 saturated heterocycles. The Hall–Kier alpha value is -1.82. The van der Waals surface area contributed by atoms with Crippen molar-refractivity contribution < 1.29 is 29.3 Å². The van der Waals surface area contributed by atoms with Crippen LogP contribution in [0.5, 0.6) is 0 Å². The van der Waals surface area contributed by atoms with Gasteiger partial charge in [0.05, 0.1) is 6.54 Å². The standard InChI is InChI=1S/C12H14NO6P/c14-11(15)7-6-10(12(16)17)13(20(18)19)8-9-4-2-1-3-5-9/h1-5,10H,6-8H2,(H2-,14,15,16,17,18,19)/p+1/t10-/m0/s1. The highest BCUT2D eigenvalue weighted by molar-refractivity contribution is 7.35. The summed E-state index contributed by atoms with van der Waals surface area (Å²) in [5.74, 6) is -2.47. The summed E-state index contributed by atoms with van der Waals surface area (Å²) in [5, 5.41) is 17.7. The molecule has 8 heteroatoms.